The van der Waals surface area contributed by atoms with Crippen molar-refractivity contribution in [2.45, 2.75) is 78.6 Å². The van der Waals surface area contributed by atoms with Crippen molar-refractivity contribution >= 4 is 17.5 Å². The van der Waals surface area contributed by atoms with Crippen molar-refractivity contribution in [3.8, 4) is 0 Å². The molecule has 0 heterocycles. The van der Waals surface area contributed by atoms with Gasteiger partial charge in [-0.2, -0.15) is 0 Å². The van der Waals surface area contributed by atoms with Crippen LogP contribution in [-0.4, -0.2) is 64.1 Å². The van der Waals surface area contributed by atoms with Crippen molar-refractivity contribution in [3.05, 3.63) is 59.2 Å². The Kier molecular flexibility index (Phi) is 7.94. The molecular formula is C34H45NO6. The molecule has 7 heteroatoms. The summed E-state index contributed by atoms with van der Waals surface area (Å²) in [6.45, 7) is 12.4. The first-order valence-electron chi connectivity index (χ1n) is 15.2. The van der Waals surface area contributed by atoms with Gasteiger partial charge in [-0.05, 0) is 86.4 Å². The van der Waals surface area contributed by atoms with Crippen LogP contribution in [0, 0.1) is 34.5 Å². The van der Waals surface area contributed by atoms with Crippen LogP contribution in [0.3, 0.4) is 0 Å². The highest BCUT2D eigenvalue weighted by atomic mass is 16.5. The van der Waals surface area contributed by atoms with Crippen molar-refractivity contribution in [1.82, 2.24) is 4.90 Å². The van der Waals surface area contributed by atoms with E-state index in [-0.39, 0.29) is 42.3 Å². The van der Waals surface area contributed by atoms with Crippen molar-refractivity contribution < 1.29 is 29.3 Å². The lowest BCUT2D eigenvalue weighted by Gasteiger charge is -2.60. The van der Waals surface area contributed by atoms with Crippen molar-refractivity contribution in [2.75, 3.05) is 19.7 Å². The summed E-state index contributed by atoms with van der Waals surface area (Å²) in [4.78, 5) is 41.0. The smallest absolute Gasteiger partial charge is 0.338 e. The van der Waals surface area contributed by atoms with Crippen LogP contribution in [0.15, 0.2) is 48.1 Å². The number of hydrogen-bond acceptors (Lipinski definition) is 7. The van der Waals surface area contributed by atoms with Crippen molar-refractivity contribution in [3.63, 3.8) is 0 Å². The number of rotatable bonds is 8. The molecule has 222 valence electrons. The third kappa shape index (κ3) is 4.84. The van der Waals surface area contributed by atoms with Gasteiger partial charge in [-0.15, -0.1) is 0 Å². The summed E-state index contributed by atoms with van der Waals surface area (Å²) >= 11 is 0. The van der Waals surface area contributed by atoms with E-state index in [2.05, 4.69) is 32.6 Å². The van der Waals surface area contributed by atoms with Gasteiger partial charge in [0.05, 0.1) is 11.7 Å². The fourth-order valence-electron chi connectivity index (χ4n) is 9.05. The van der Waals surface area contributed by atoms with E-state index in [1.807, 2.05) is 25.1 Å². The highest BCUT2D eigenvalue weighted by Gasteiger charge is 2.68. The summed E-state index contributed by atoms with van der Waals surface area (Å²) in [5, 5.41) is 23.6. The molecule has 0 saturated heterocycles. The standard InChI is InChI=1S/C34H45NO6/c1-6-35(7-2)19-22-9-8-10-23(16-22)31(39)41-20-29(38)34(40)14-12-26-25-15-21(3)27-17-24(36)11-13-32(27,4)30(25)28(37)18-33(26,34)5/h8-11,13,16-17,21,25-26,28,30,37,40H,6-7,12,14-15,18-20H2,1-5H3/t21-,25-,26-,28-,30+,32-,33-,34-/m0/s1. The number of ether oxygens (including phenoxy) is 1. The highest BCUT2D eigenvalue weighted by Crippen LogP contribution is 2.67. The Balaban J connectivity index is 1.31. The molecule has 0 unspecified atom stereocenters. The van der Waals surface area contributed by atoms with Crippen LogP contribution >= 0.6 is 0 Å². The van der Waals surface area contributed by atoms with E-state index in [1.54, 1.807) is 24.3 Å². The van der Waals surface area contributed by atoms with Gasteiger partial charge in [0.1, 0.15) is 5.60 Å². The second kappa shape index (κ2) is 10.9. The van der Waals surface area contributed by atoms with Crippen molar-refractivity contribution in [1.29, 1.82) is 0 Å². The molecule has 3 fully saturated rings. The van der Waals surface area contributed by atoms with E-state index in [0.29, 0.717) is 12.0 Å². The molecule has 0 spiro atoms. The molecule has 0 aliphatic heterocycles. The molecule has 2 N–H and O–H groups in total. The molecule has 0 amide bonds. The maximum atomic E-state index is 13.6. The average Bonchev–Trinajstić information content (AvgIpc) is 3.21. The Hall–Kier alpha value is -2.61. The summed E-state index contributed by atoms with van der Waals surface area (Å²) in [7, 11) is 0. The molecule has 7 nitrogen and oxygen atoms in total. The van der Waals surface area contributed by atoms with Gasteiger partial charge in [-0.25, -0.2) is 4.79 Å². The van der Waals surface area contributed by atoms with Crippen LogP contribution in [0.1, 0.15) is 76.2 Å². The van der Waals surface area contributed by atoms with E-state index < -0.39 is 40.9 Å². The second-order valence-electron chi connectivity index (χ2n) is 13.3. The summed E-state index contributed by atoms with van der Waals surface area (Å²) in [6, 6.07) is 7.26. The highest BCUT2D eigenvalue weighted by molar-refractivity contribution is 6.01. The number of aliphatic hydroxyl groups excluding tert-OH is 1. The summed E-state index contributed by atoms with van der Waals surface area (Å²) in [5.74, 6) is -0.901. The predicted molar refractivity (Wildman–Crippen MR) is 156 cm³/mol. The zero-order valence-corrected chi connectivity index (χ0v) is 25.1. The molecular weight excluding hydrogens is 518 g/mol. The molecule has 3 saturated carbocycles. The number of allylic oxidation sites excluding steroid dienone is 4. The number of fused-ring (bicyclic) bond motifs is 5. The predicted octanol–water partition coefficient (Wildman–Crippen LogP) is 4.51. The molecule has 41 heavy (non-hydrogen) atoms. The van der Waals surface area contributed by atoms with E-state index in [4.69, 9.17) is 4.74 Å². The Bertz CT molecular complexity index is 1280. The number of Topliss-reactive ketones (excluding diaryl/α,β-unsaturated/α-hetero) is 1. The Morgan fingerprint density at radius 3 is 2.61 bits per heavy atom. The lowest BCUT2D eigenvalue weighted by molar-refractivity contribution is -0.180. The van der Waals surface area contributed by atoms with E-state index >= 15 is 0 Å². The Labute approximate surface area is 243 Å². The maximum Gasteiger partial charge on any atom is 0.338 e. The Morgan fingerprint density at radius 1 is 1.17 bits per heavy atom. The first-order valence-corrected chi connectivity index (χ1v) is 15.2. The van der Waals surface area contributed by atoms with Crippen LogP contribution in [-0.2, 0) is 20.9 Å². The number of aliphatic hydroxyl groups is 2. The van der Waals surface area contributed by atoms with Gasteiger partial charge in [0.2, 0.25) is 5.78 Å². The first kappa shape index (κ1) is 29.9. The fraction of sp³-hybridized carbons (Fsp3) is 0.618. The quantitative estimate of drug-likeness (QED) is 0.449. The third-order valence-electron chi connectivity index (χ3n) is 11.2. The first-order chi connectivity index (χ1) is 19.4. The van der Waals surface area contributed by atoms with E-state index in [9.17, 15) is 24.6 Å². The van der Waals surface area contributed by atoms with Crippen LogP contribution in [0.25, 0.3) is 0 Å². The average molecular weight is 564 g/mol. The topological polar surface area (TPSA) is 104 Å². The van der Waals surface area contributed by atoms with Crippen LogP contribution in [0.2, 0.25) is 0 Å². The summed E-state index contributed by atoms with van der Waals surface area (Å²) in [5.41, 5.74) is -0.508. The normalized spacial score (nSPS) is 37.7. The van der Waals surface area contributed by atoms with Gasteiger partial charge in [0, 0.05) is 23.3 Å². The zero-order valence-electron chi connectivity index (χ0n) is 25.1. The number of hydrogen-bond donors (Lipinski definition) is 2. The zero-order chi connectivity index (χ0) is 29.7. The molecule has 4 aliphatic rings. The molecule has 0 aromatic heterocycles. The monoisotopic (exact) mass is 563 g/mol. The molecule has 4 aliphatic carbocycles. The molecule has 0 radical (unpaired) electrons. The minimum atomic E-state index is -1.69. The van der Waals surface area contributed by atoms with Gasteiger partial charge in [-0.1, -0.05) is 58.4 Å². The van der Waals surface area contributed by atoms with Crippen molar-refractivity contribution in [2.24, 2.45) is 34.5 Å². The molecule has 0 bridgehead atoms. The number of carbonyl (C=O) groups is 3. The number of ketones is 2. The van der Waals surface area contributed by atoms with E-state index in [1.165, 1.54) is 0 Å². The number of carbonyl (C=O) groups excluding carboxylic acids is 3. The summed E-state index contributed by atoms with van der Waals surface area (Å²) < 4.78 is 5.48. The molecule has 1 aromatic carbocycles. The van der Waals surface area contributed by atoms with Gasteiger partial charge < -0.3 is 14.9 Å². The number of esters is 1. The largest absolute Gasteiger partial charge is 0.454 e. The minimum Gasteiger partial charge on any atom is -0.454 e. The molecule has 1 aromatic rings. The molecule has 8 atom stereocenters. The fourth-order valence-corrected chi connectivity index (χ4v) is 9.05. The van der Waals surface area contributed by atoms with Gasteiger partial charge in [0.15, 0.2) is 12.4 Å². The summed E-state index contributed by atoms with van der Waals surface area (Å²) in [6.07, 6.45) is 6.60. The number of nitrogens with zero attached hydrogens (tertiary/aromatic N) is 1. The maximum absolute atomic E-state index is 13.6. The lowest BCUT2D eigenvalue weighted by atomic mass is 9.45. The second-order valence-corrected chi connectivity index (χ2v) is 13.3. The lowest BCUT2D eigenvalue weighted by Crippen LogP contribution is -2.62. The van der Waals surface area contributed by atoms with Gasteiger partial charge in [-0.3, -0.25) is 14.5 Å². The SMILES string of the molecule is CCN(CC)Cc1cccc(C(=O)OCC(=O)[C@@]2(O)CC[C@H]3[C@@H]4C[C@H](C)C5=CC(=O)C=C[C@]5(C)[C@H]4[C@@H](O)C[C@@]32C)c1. The van der Waals surface area contributed by atoms with Gasteiger partial charge in [0.25, 0.3) is 0 Å². The van der Waals surface area contributed by atoms with Crippen LogP contribution in [0.4, 0.5) is 0 Å². The van der Waals surface area contributed by atoms with Crippen LogP contribution in [0.5, 0.6) is 0 Å². The van der Waals surface area contributed by atoms with Gasteiger partial charge >= 0.3 is 5.97 Å². The number of benzene rings is 1. The Morgan fingerprint density at radius 2 is 1.90 bits per heavy atom. The minimum absolute atomic E-state index is 0.0103. The third-order valence-corrected chi connectivity index (χ3v) is 11.2. The molecule has 5 rings (SSSR count). The van der Waals surface area contributed by atoms with E-state index in [0.717, 1.165) is 37.2 Å². The van der Waals surface area contributed by atoms with Crippen LogP contribution < -0.4 is 0 Å².